The summed E-state index contributed by atoms with van der Waals surface area (Å²) in [4.78, 5) is 0. The van der Waals surface area contributed by atoms with Gasteiger partial charge in [-0.1, -0.05) is 0 Å². The van der Waals surface area contributed by atoms with Crippen molar-refractivity contribution in [3.63, 3.8) is 0 Å². The molecular formula is C20H26N+. The number of hydrogen-bond acceptors (Lipinski definition) is 1. The van der Waals surface area contributed by atoms with Gasteiger partial charge < -0.3 is 0 Å². The average Bonchev–Trinajstić information content (AvgIpc) is 2.37. The third-order valence-corrected chi connectivity index (χ3v) is 3.86. The highest BCUT2D eigenvalue weighted by Gasteiger charge is 2.37. The third kappa shape index (κ3) is 3.29. The maximum absolute atomic E-state index is 8.62. The van der Waals surface area contributed by atoms with E-state index in [1.165, 1.54) is 11.5 Å². The van der Waals surface area contributed by atoms with Gasteiger partial charge in [0.25, 0.3) is 0 Å². The van der Waals surface area contributed by atoms with Crippen LogP contribution in [0.4, 0.5) is 0 Å². The Morgan fingerprint density at radius 1 is 0.762 bits per heavy atom. The summed E-state index contributed by atoms with van der Waals surface area (Å²) in [5, 5.41) is 8.62. The lowest BCUT2D eigenvalue weighted by Crippen LogP contribution is -2.28. The molecule has 0 heterocycles. The molecule has 1 N–H and O–H groups in total. The summed E-state index contributed by atoms with van der Waals surface area (Å²) in [7, 11) is 0. The fourth-order valence-corrected chi connectivity index (χ4v) is 2.62. The first-order chi connectivity index (χ1) is 9.60. The molecule has 0 bridgehead atoms. The minimum absolute atomic E-state index is 0.0259. The normalized spacial score (nSPS) is 16.7. The van der Waals surface area contributed by atoms with Crippen LogP contribution in [0.2, 0.25) is 0 Å². The van der Waals surface area contributed by atoms with E-state index in [0.29, 0.717) is 5.71 Å². The van der Waals surface area contributed by atoms with Crippen molar-refractivity contribution < 1.29 is 0 Å². The molecule has 0 aliphatic heterocycles. The zero-order chi connectivity index (χ0) is 15.8. The molecule has 1 heteroatoms. The van der Waals surface area contributed by atoms with Crippen molar-refractivity contribution in [1.29, 1.82) is 5.41 Å². The Bertz CT molecular complexity index is 555. The highest BCUT2D eigenvalue weighted by atomic mass is 14.5. The summed E-state index contributed by atoms with van der Waals surface area (Å²) >= 11 is 0. The Labute approximate surface area is 129 Å². The van der Waals surface area contributed by atoms with Gasteiger partial charge in [-0.25, -0.2) is 0 Å². The zero-order valence-corrected chi connectivity index (χ0v) is 14.0. The number of hydrogen-bond donors (Lipinski definition) is 1. The van der Waals surface area contributed by atoms with E-state index in [1.807, 2.05) is 6.07 Å². The van der Waals surface area contributed by atoms with E-state index in [1.54, 1.807) is 0 Å². The van der Waals surface area contributed by atoms with Crippen LogP contribution in [0.3, 0.4) is 0 Å². The predicted octanol–water partition coefficient (Wildman–Crippen LogP) is 5.59. The van der Waals surface area contributed by atoms with Crippen LogP contribution in [-0.4, -0.2) is 5.71 Å². The molecule has 1 aliphatic carbocycles. The highest BCUT2D eigenvalue weighted by molar-refractivity contribution is 6.13. The lowest BCUT2D eigenvalue weighted by atomic mass is 9.69. The first kappa shape index (κ1) is 15.6. The summed E-state index contributed by atoms with van der Waals surface area (Å²) < 4.78 is 0. The van der Waals surface area contributed by atoms with Crippen LogP contribution in [0.25, 0.3) is 0 Å². The molecule has 1 nitrogen and oxygen atoms in total. The van der Waals surface area contributed by atoms with Gasteiger partial charge in [-0.15, -0.1) is 0 Å². The molecule has 0 unspecified atom stereocenters. The quantitative estimate of drug-likeness (QED) is 0.649. The fraction of sp³-hybridized carbons (Fsp3) is 0.400. The average molecular weight is 280 g/mol. The van der Waals surface area contributed by atoms with Crippen LogP contribution in [0.5, 0.6) is 0 Å². The predicted molar refractivity (Wildman–Crippen MR) is 91.6 cm³/mol. The molecule has 0 radical (unpaired) electrons. The van der Waals surface area contributed by atoms with Gasteiger partial charge >= 0.3 is 0 Å². The topological polar surface area (TPSA) is 23.9 Å². The van der Waals surface area contributed by atoms with E-state index in [9.17, 15) is 0 Å². The Balaban J connectivity index is 2.56. The van der Waals surface area contributed by atoms with E-state index < -0.39 is 0 Å². The zero-order valence-electron chi connectivity index (χ0n) is 14.0. The van der Waals surface area contributed by atoms with Crippen molar-refractivity contribution >= 4 is 5.71 Å². The van der Waals surface area contributed by atoms with E-state index in [0.717, 1.165) is 11.1 Å². The van der Waals surface area contributed by atoms with Gasteiger partial charge in [-0.3, -0.25) is 5.41 Å². The van der Waals surface area contributed by atoms with Gasteiger partial charge in [0.2, 0.25) is 0 Å². The van der Waals surface area contributed by atoms with Gasteiger partial charge in [0.15, 0.2) is 0 Å². The first-order valence-corrected chi connectivity index (χ1v) is 7.57. The second-order valence-corrected chi connectivity index (χ2v) is 7.81. The van der Waals surface area contributed by atoms with E-state index in [4.69, 9.17) is 5.41 Å². The van der Waals surface area contributed by atoms with Crippen molar-refractivity contribution in [2.75, 3.05) is 0 Å². The minimum Gasteiger partial charge on any atom is -0.285 e. The molecule has 110 valence electrons. The van der Waals surface area contributed by atoms with Crippen LogP contribution < -0.4 is 0 Å². The second kappa shape index (κ2) is 5.22. The molecule has 1 aliphatic rings. The smallest absolute Gasteiger partial charge is 0.127 e. The first-order valence-electron chi connectivity index (χ1n) is 7.57. The van der Waals surface area contributed by atoms with Crippen LogP contribution in [0, 0.1) is 22.2 Å². The third-order valence-electron chi connectivity index (χ3n) is 3.86. The van der Waals surface area contributed by atoms with Crippen molar-refractivity contribution in [3.05, 3.63) is 65.1 Å². The van der Waals surface area contributed by atoms with Gasteiger partial charge in [0.05, 0.1) is 11.5 Å². The molecule has 1 aromatic rings. The maximum atomic E-state index is 8.62. The van der Waals surface area contributed by atoms with Gasteiger partial charge in [0.1, 0.15) is 5.71 Å². The molecule has 0 amide bonds. The monoisotopic (exact) mass is 280 g/mol. The Morgan fingerprint density at radius 2 is 1.19 bits per heavy atom. The molecule has 0 spiro atoms. The maximum Gasteiger partial charge on any atom is 0.127 e. The molecule has 2 rings (SSSR count). The molecule has 0 atom stereocenters. The van der Waals surface area contributed by atoms with Crippen molar-refractivity contribution in [2.24, 2.45) is 10.8 Å². The van der Waals surface area contributed by atoms with E-state index >= 15 is 0 Å². The Morgan fingerprint density at radius 3 is 1.57 bits per heavy atom. The lowest BCUT2D eigenvalue weighted by molar-refractivity contribution is 0.501. The summed E-state index contributed by atoms with van der Waals surface area (Å²) in [6, 6.07) is 10.4. The summed E-state index contributed by atoms with van der Waals surface area (Å²) in [5.41, 5.74) is 4.09. The van der Waals surface area contributed by atoms with Gasteiger partial charge in [-0.2, -0.15) is 0 Å². The van der Waals surface area contributed by atoms with Crippen LogP contribution in [-0.2, 0) is 0 Å². The number of rotatable bonds is 1. The molecule has 0 saturated carbocycles. The molecule has 1 aromatic carbocycles. The van der Waals surface area contributed by atoms with Crippen molar-refractivity contribution in [1.82, 2.24) is 0 Å². The van der Waals surface area contributed by atoms with Crippen LogP contribution in [0.15, 0.2) is 53.6 Å². The van der Waals surface area contributed by atoms with Gasteiger partial charge in [-0.05, 0) is 59.7 Å². The second-order valence-electron chi connectivity index (χ2n) is 7.81. The summed E-state index contributed by atoms with van der Waals surface area (Å²) in [6.07, 6.45) is 4.37. The van der Waals surface area contributed by atoms with Crippen molar-refractivity contribution in [3.8, 4) is 0 Å². The van der Waals surface area contributed by atoms with E-state index in [-0.39, 0.29) is 10.8 Å². The molecule has 0 fully saturated rings. The number of benzene rings is 1. The molecular weight excluding hydrogens is 254 g/mol. The van der Waals surface area contributed by atoms with Crippen LogP contribution >= 0.6 is 0 Å². The van der Waals surface area contributed by atoms with Crippen LogP contribution in [0.1, 0.15) is 47.1 Å². The molecule has 0 saturated heterocycles. The summed E-state index contributed by atoms with van der Waals surface area (Å²) in [5.74, 6) is 1.21. The largest absolute Gasteiger partial charge is 0.285 e. The van der Waals surface area contributed by atoms with E-state index in [2.05, 4.69) is 78.0 Å². The standard InChI is InChI=1S/C20H26N/c1-19(2,3)16-12-15(14-10-8-7-9-11-14)13-17(18(16)21)20(4,5)6/h7-13,21H,1-6H3/q+1. The SMILES string of the molecule is CC(C)(C)C1=C[C+](c2ccccc2)C=C(C(C)(C)C)C1=N. The lowest BCUT2D eigenvalue weighted by Gasteiger charge is -2.30. The molecule has 0 aromatic heterocycles. The molecule has 21 heavy (non-hydrogen) atoms. The minimum atomic E-state index is -0.0259. The highest BCUT2D eigenvalue weighted by Crippen LogP contribution is 2.41. The van der Waals surface area contributed by atoms with Gasteiger partial charge in [0, 0.05) is 46.3 Å². The fourth-order valence-electron chi connectivity index (χ4n) is 2.62. The van der Waals surface area contributed by atoms with Crippen molar-refractivity contribution in [2.45, 2.75) is 41.5 Å². The summed E-state index contributed by atoms with van der Waals surface area (Å²) in [6.45, 7) is 13.1. The number of nitrogens with one attached hydrogen (secondary N) is 1. The Kier molecular flexibility index (Phi) is 3.88. The Hall–Kier alpha value is -1.76. The number of allylic oxidation sites excluding steroid dienone is 4.